The fraction of sp³-hybridized carbons (Fsp3) is 0.125. The minimum Gasteiger partial charge on any atom is -0.363 e. The van der Waals surface area contributed by atoms with Crippen molar-refractivity contribution < 1.29 is 0 Å². The molecule has 1 aromatic carbocycles. The first kappa shape index (κ1) is 9.78. The second kappa shape index (κ2) is 4.65. The van der Waals surface area contributed by atoms with Crippen LogP contribution in [0.3, 0.4) is 0 Å². The van der Waals surface area contributed by atoms with Gasteiger partial charge in [0.05, 0.1) is 0 Å². The molecule has 0 radical (unpaired) electrons. The minimum absolute atomic E-state index is 0.282. The Morgan fingerprint density at radius 1 is 1.33 bits per heavy atom. The zero-order valence-corrected chi connectivity index (χ0v) is 8.51. The Hall–Kier alpha value is -0.310. The van der Waals surface area contributed by atoms with Gasteiger partial charge in [-0.3, -0.25) is 0 Å². The van der Waals surface area contributed by atoms with Gasteiger partial charge in [-0.1, -0.05) is 35.3 Å². The van der Waals surface area contributed by atoms with Crippen LogP contribution < -0.4 is 5.32 Å². The molecular formula is C8H7Cl2NS. The molecule has 0 aliphatic carbocycles. The topological polar surface area (TPSA) is 12.0 Å². The number of thiocarbonyl (C=S) groups is 1. The highest BCUT2D eigenvalue weighted by Crippen LogP contribution is 2.09. The maximum absolute atomic E-state index is 5.70. The Bertz CT molecular complexity index is 271. The van der Waals surface area contributed by atoms with Gasteiger partial charge in [0.15, 0.2) is 4.45 Å². The molecule has 0 aliphatic rings. The van der Waals surface area contributed by atoms with Crippen LogP contribution in [0.15, 0.2) is 24.3 Å². The standard InChI is InChI=1S/C8H7Cl2NS/c9-7-3-1-6(2-4-7)5-11-8(10)12/h1-4H,5H2,(H,11,12). The zero-order chi connectivity index (χ0) is 8.97. The molecule has 0 saturated heterocycles. The van der Waals surface area contributed by atoms with Crippen LogP contribution >= 0.6 is 35.4 Å². The van der Waals surface area contributed by atoms with E-state index in [9.17, 15) is 0 Å². The van der Waals surface area contributed by atoms with E-state index >= 15 is 0 Å². The van der Waals surface area contributed by atoms with Gasteiger partial charge < -0.3 is 5.32 Å². The van der Waals surface area contributed by atoms with Crippen LogP contribution in [-0.2, 0) is 6.54 Å². The van der Waals surface area contributed by atoms with E-state index in [1.54, 1.807) is 0 Å². The van der Waals surface area contributed by atoms with Crippen molar-refractivity contribution in [2.24, 2.45) is 0 Å². The predicted molar refractivity (Wildman–Crippen MR) is 56.7 cm³/mol. The Morgan fingerprint density at radius 2 is 1.92 bits per heavy atom. The normalized spacial score (nSPS) is 9.50. The molecule has 0 unspecified atom stereocenters. The van der Waals surface area contributed by atoms with E-state index in [0.29, 0.717) is 6.54 Å². The summed E-state index contributed by atoms with van der Waals surface area (Å²) in [5.74, 6) is 0. The lowest BCUT2D eigenvalue weighted by molar-refractivity contribution is 0.939. The molecule has 0 spiro atoms. The van der Waals surface area contributed by atoms with Crippen molar-refractivity contribution in [3.63, 3.8) is 0 Å². The van der Waals surface area contributed by atoms with Crippen molar-refractivity contribution in [3.05, 3.63) is 34.9 Å². The summed E-state index contributed by atoms with van der Waals surface area (Å²) in [4.78, 5) is 0. The number of benzene rings is 1. The molecule has 1 nitrogen and oxygen atoms in total. The fourth-order valence-corrected chi connectivity index (χ4v) is 1.04. The fourth-order valence-electron chi connectivity index (χ4n) is 0.774. The van der Waals surface area contributed by atoms with Crippen LogP contribution in [0.2, 0.25) is 5.02 Å². The van der Waals surface area contributed by atoms with Crippen LogP contribution in [0, 0.1) is 0 Å². The first-order chi connectivity index (χ1) is 5.68. The third-order valence-corrected chi connectivity index (χ3v) is 1.87. The maximum Gasteiger partial charge on any atom is 0.167 e. The first-order valence-electron chi connectivity index (χ1n) is 3.36. The van der Waals surface area contributed by atoms with E-state index in [-0.39, 0.29) is 4.45 Å². The van der Waals surface area contributed by atoms with Gasteiger partial charge >= 0.3 is 0 Å². The third-order valence-electron chi connectivity index (χ3n) is 1.34. The van der Waals surface area contributed by atoms with Crippen molar-refractivity contribution in [1.82, 2.24) is 5.32 Å². The maximum atomic E-state index is 5.70. The molecule has 1 aromatic rings. The van der Waals surface area contributed by atoms with Gasteiger partial charge in [0.1, 0.15) is 0 Å². The summed E-state index contributed by atoms with van der Waals surface area (Å²) in [5.41, 5.74) is 1.10. The average molecular weight is 220 g/mol. The molecule has 0 aliphatic heterocycles. The molecule has 0 bridgehead atoms. The summed E-state index contributed by atoms with van der Waals surface area (Å²) in [6, 6.07) is 7.50. The average Bonchev–Trinajstić information content (AvgIpc) is 2.03. The van der Waals surface area contributed by atoms with E-state index in [4.69, 9.17) is 23.2 Å². The van der Waals surface area contributed by atoms with Gasteiger partial charge in [-0.2, -0.15) is 0 Å². The molecule has 0 amide bonds. The lowest BCUT2D eigenvalue weighted by Gasteiger charge is -2.01. The largest absolute Gasteiger partial charge is 0.363 e. The lowest BCUT2D eigenvalue weighted by atomic mass is 10.2. The summed E-state index contributed by atoms with van der Waals surface area (Å²) < 4.78 is 0.282. The van der Waals surface area contributed by atoms with Gasteiger partial charge in [-0.05, 0) is 29.9 Å². The highest BCUT2D eigenvalue weighted by molar-refractivity contribution is 7.83. The summed E-state index contributed by atoms with van der Waals surface area (Å²) in [6.45, 7) is 0.638. The van der Waals surface area contributed by atoms with Crippen LogP contribution in [0.4, 0.5) is 0 Å². The van der Waals surface area contributed by atoms with Crippen LogP contribution in [-0.4, -0.2) is 4.45 Å². The second-order valence-corrected chi connectivity index (χ2v) is 3.70. The molecule has 1 rings (SSSR count). The second-order valence-electron chi connectivity index (χ2n) is 2.25. The Labute approximate surface area is 86.7 Å². The molecule has 4 heteroatoms. The van der Waals surface area contributed by atoms with Crippen molar-refractivity contribution in [3.8, 4) is 0 Å². The number of rotatable bonds is 2. The summed E-state index contributed by atoms with van der Waals surface area (Å²) in [5, 5.41) is 3.56. The SMILES string of the molecule is S=C(Cl)NCc1ccc(Cl)cc1. The summed E-state index contributed by atoms with van der Waals surface area (Å²) in [7, 11) is 0. The number of halogens is 2. The molecule has 64 valence electrons. The number of nitrogens with one attached hydrogen (secondary N) is 1. The van der Waals surface area contributed by atoms with Gasteiger partial charge in [0, 0.05) is 11.6 Å². The molecule has 0 heterocycles. The molecular weight excluding hydrogens is 213 g/mol. The smallest absolute Gasteiger partial charge is 0.167 e. The molecule has 0 aromatic heterocycles. The number of hydrogen-bond donors (Lipinski definition) is 1. The van der Waals surface area contributed by atoms with Crippen LogP contribution in [0.25, 0.3) is 0 Å². The van der Waals surface area contributed by atoms with Gasteiger partial charge in [0.25, 0.3) is 0 Å². The van der Waals surface area contributed by atoms with Gasteiger partial charge in [-0.15, -0.1) is 0 Å². The van der Waals surface area contributed by atoms with E-state index in [1.165, 1.54) is 0 Å². The summed E-state index contributed by atoms with van der Waals surface area (Å²) >= 11 is 15.8. The monoisotopic (exact) mass is 219 g/mol. The van der Waals surface area contributed by atoms with E-state index in [2.05, 4.69) is 17.5 Å². The highest BCUT2D eigenvalue weighted by atomic mass is 35.5. The van der Waals surface area contributed by atoms with Crippen molar-refractivity contribution >= 4 is 39.9 Å². The Kier molecular flexibility index (Phi) is 3.79. The zero-order valence-electron chi connectivity index (χ0n) is 6.18. The lowest BCUT2D eigenvalue weighted by Crippen LogP contribution is -2.14. The molecule has 0 fully saturated rings. The van der Waals surface area contributed by atoms with E-state index < -0.39 is 0 Å². The molecule has 1 N–H and O–H groups in total. The minimum atomic E-state index is 0.282. The van der Waals surface area contributed by atoms with Crippen LogP contribution in [0.1, 0.15) is 5.56 Å². The number of hydrogen-bond acceptors (Lipinski definition) is 1. The first-order valence-corrected chi connectivity index (χ1v) is 4.52. The Balaban J connectivity index is 2.53. The quantitative estimate of drug-likeness (QED) is 0.467. The Morgan fingerprint density at radius 3 is 2.42 bits per heavy atom. The summed E-state index contributed by atoms with van der Waals surface area (Å²) in [6.07, 6.45) is 0. The third kappa shape index (κ3) is 3.39. The highest BCUT2D eigenvalue weighted by Gasteiger charge is 1.92. The van der Waals surface area contributed by atoms with E-state index in [0.717, 1.165) is 10.6 Å². The van der Waals surface area contributed by atoms with Crippen molar-refractivity contribution in [1.29, 1.82) is 0 Å². The molecule has 0 saturated carbocycles. The van der Waals surface area contributed by atoms with Gasteiger partial charge in [0.2, 0.25) is 0 Å². The molecule has 12 heavy (non-hydrogen) atoms. The van der Waals surface area contributed by atoms with Crippen molar-refractivity contribution in [2.75, 3.05) is 0 Å². The molecule has 0 atom stereocenters. The van der Waals surface area contributed by atoms with E-state index in [1.807, 2.05) is 24.3 Å². The van der Waals surface area contributed by atoms with Crippen molar-refractivity contribution in [2.45, 2.75) is 6.54 Å². The van der Waals surface area contributed by atoms with Gasteiger partial charge in [-0.25, -0.2) is 0 Å². The predicted octanol–water partition coefficient (Wildman–Crippen LogP) is 2.95. The van der Waals surface area contributed by atoms with Crippen LogP contribution in [0.5, 0.6) is 0 Å².